The van der Waals surface area contributed by atoms with Crippen LogP contribution in [0.2, 0.25) is 0 Å². The quantitative estimate of drug-likeness (QED) is 0.851. The van der Waals surface area contributed by atoms with Gasteiger partial charge >= 0.3 is 6.03 Å². The van der Waals surface area contributed by atoms with Crippen molar-refractivity contribution < 1.29 is 14.3 Å². The molecule has 2 rings (SSSR count). The molecule has 0 aliphatic heterocycles. The van der Waals surface area contributed by atoms with Crippen LogP contribution in [0.25, 0.3) is 0 Å². The van der Waals surface area contributed by atoms with Crippen molar-refractivity contribution in [2.24, 2.45) is 0 Å². The summed E-state index contributed by atoms with van der Waals surface area (Å²) in [6.45, 7) is 4.23. The van der Waals surface area contributed by atoms with Crippen LogP contribution < -0.4 is 20.1 Å². The molecule has 0 fully saturated rings. The molecule has 0 aliphatic rings. The summed E-state index contributed by atoms with van der Waals surface area (Å²) in [5.41, 5.74) is 1.71. The SMILES string of the molecule is COc1ccc(OC)c(C(C)NC(=O)NCc2csc(C)n2)c1. The van der Waals surface area contributed by atoms with Crippen LogP contribution in [0.4, 0.5) is 4.79 Å². The van der Waals surface area contributed by atoms with Crippen molar-refractivity contribution in [3.05, 3.63) is 39.8 Å². The Labute approximate surface area is 139 Å². The number of aromatic nitrogens is 1. The molecule has 1 aromatic heterocycles. The third-order valence-electron chi connectivity index (χ3n) is 3.35. The summed E-state index contributed by atoms with van der Waals surface area (Å²) in [7, 11) is 3.20. The third kappa shape index (κ3) is 4.59. The number of hydrogen-bond acceptors (Lipinski definition) is 5. The first kappa shape index (κ1) is 17.1. The van der Waals surface area contributed by atoms with E-state index in [0.29, 0.717) is 18.0 Å². The van der Waals surface area contributed by atoms with E-state index in [0.717, 1.165) is 16.3 Å². The Kier molecular flexibility index (Phi) is 5.81. The van der Waals surface area contributed by atoms with Crippen LogP contribution in [-0.2, 0) is 6.54 Å². The van der Waals surface area contributed by atoms with Crippen molar-refractivity contribution in [2.75, 3.05) is 14.2 Å². The largest absolute Gasteiger partial charge is 0.497 e. The van der Waals surface area contributed by atoms with Gasteiger partial charge in [0.25, 0.3) is 0 Å². The Morgan fingerprint density at radius 2 is 2.13 bits per heavy atom. The van der Waals surface area contributed by atoms with Crippen molar-refractivity contribution in [1.82, 2.24) is 15.6 Å². The molecule has 1 unspecified atom stereocenters. The molecule has 124 valence electrons. The molecule has 0 bridgehead atoms. The maximum Gasteiger partial charge on any atom is 0.315 e. The van der Waals surface area contributed by atoms with Gasteiger partial charge in [0.15, 0.2) is 0 Å². The molecule has 2 aromatic rings. The van der Waals surface area contributed by atoms with Gasteiger partial charge in [0.05, 0.1) is 37.5 Å². The topological polar surface area (TPSA) is 72.5 Å². The number of hydrogen-bond donors (Lipinski definition) is 2. The predicted molar refractivity (Wildman–Crippen MR) is 90.2 cm³/mol. The monoisotopic (exact) mass is 335 g/mol. The molecule has 0 spiro atoms. The summed E-state index contributed by atoms with van der Waals surface area (Å²) in [5, 5.41) is 8.61. The molecule has 0 saturated carbocycles. The Hall–Kier alpha value is -2.28. The van der Waals surface area contributed by atoms with Gasteiger partial charge in [-0.1, -0.05) is 0 Å². The first-order valence-electron chi connectivity index (χ1n) is 7.20. The number of thiazole rings is 1. The van der Waals surface area contributed by atoms with Gasteiger partial charge in [-0.15, -0.1) is 11.3 Å². The fourth-order valence-electron chi connectivity index (χ4n) is 2.16. The van der Waals surface area contributed by atoms with E-state index in [9.17, 15) is 4.79 Å². The summed E-state index contributed by atoms with van der Waals surface area (Å²) in [6.07, 6.45) is 0. The number of amides is 2. The van der Waals surface area contributed by atoms with Crippen molar-refractivity contribution in [3.8, 4) is 11.5 Å². The maximum atomic E-state index is 12.0. The molecule has 1 heterocycles. The number of carbonyl (C=O) groups is 1. The fraction of sp³-hybridized carbons (Fsp3) is 0.375. The smallest absolute Gasteiger partial charge is 0.315 e. The lowest BCUT2D eigenvalue weighted by Crippen LogP contribution is -2.36. The van der Waals surface area contributed by atoms with Crippen LogP contribution in [0.15, 0.2) is 23.6 Å². The molecule has 2 N–H and O–H groups in total. The van der Waals surface area contributed by atoms with E-state index in [4.69, 9.17) is 9.47 Å². The number of carbonyl (C=O) groups excluding carboxylic acids is 1. The van der Waals surface area contributed by atoms with E-state index in [1.807, 2.05) is 37.4 Å². The lowest BCUT2D eigenvalue weighted by molar-refractivity contribution is 0.237. The Bertz CT molecular complexity index is 672. The molecule has 1 aromatic carbocycles. The highest BCUT2D eigenvalue weighted by Gasteiger charge is 2.15. The van der Waals surface area contributed by atoms with E-state index in [1.54, 1.807) is 25.6 Å². The number of nitrogens with zero attached hydrogens (tertiary/aromatic N) is 1. The lowest BCUT2D eigenvalue weighted by atomic mass is 10.1. The lowest BCUT2D eigenvalue weighted by Gasteiger charge is -2.18. The highest BCUT2D eigenvalue weighted by atomic mass is 32.1. The van der Waals surface area contributed by atoms with Crippen LogP contribution in [0.3, 0.4) is 0 Å². The molecule has 6 nitrogen and oxygen atoms in total. The maximum absolute atomic E-state index is 12.0. The van der Waals surface area contributed by atoms with Crippen LogP contribution in [0.1, 0.15) is 29.2 Å². The normalized spacial score (nSPS) is 11.7. The highest BCUT2D eigenvalue weighted by molar-refractivity contribution is 7.09. The Morgan fingerprint density at radius 1 is 1.35 bits per heavy atom. The van der Waals surface area contributed by atoms with Crippen LogP contribution in [0, 0.1) is 6.92 Å². The van der Waals surface area contributed by atoms with E-state index in [-0.39, 0.29) is 12.1 Å². The molecule has 23 heavy (non-hydrogen) atoms. The number of methoxy groups -OCH3 is 2. The van der Waals surface area contributed by atoms with Crippen molar-refractivity contribution in [1.29, 1.82) is 0 Å². The van der Waals surface area contributed by atoms with Crippen molar-refractivity contribution in [2.45, 2.75) is 26.4 Å². The average molecular weight is 335 g/mol. The third-order valence-corrected chi connectivity index (χ3v) is 4.17. The zero-order valence-corrected chi connectivity index (χ0v) is 14.5. The van der Waals surface area contributed by atoms with E-state index in [2.05, 4.69) is 15.6 Å². The minimum Gasteiger partial charge on any atom is -0.497 e. The van der Waals surface area contributed by atoms with Gasteiger partial charge in [-0.25, -0.2) is 9.78 Å². The van der Waals surface area contributed by atoms with E-state index >= 15 is 0 Å². The van der Waals surface area contributed by atoms with Gasteiger partial charge in [-0.05, 0) is 32.0 Å². The summed E-state index contributed by atoms with van der Waals surface area (Å²) >= 11 is 1.56. The molecule has 2 amide bonds. The van der Waals surface area contributed by atoms with Crippen LogP contribution in [0.5, 0.6) is 11.5 Å². The number of benzene rings is 1. The van der Waals surface area contributed by atoms with Crippen molar-refractivity contribution >= 4 is 17.4 Å². The predicted octanol–water partition coefficient (Wildman–Crippen LogP) is 3.03. The van der Waals surface area contributed by atoms with Gasteiger partial charge in [0, 0.05) is 10.9 Å². The second-order valence-corrected chi connectivity index (χ2v) is 6.08. The molecular weight excluding hydrogens is 314 g/mol. The number of rotatable bonds is 6. The molecular formula is C16H21N3O3S. The van der Waals surface area contributed by atoms with Gasteiger partial charge in [0.2, 0.25) is 0 Å². The highest BCUT2D eigenvalue weighted by Crippen LogP contribution is 2.29. The first-order valence-corrected chi connectivity index (χ1v) is 8.08. The first-order chi connectivity index (χ1) is 11.0. The summed E-state index contributed by atoms with van der Waals surface area (Å²) in [5.74, 6) is 1.42. The standard InChI is InChI=1S/C16H21N3O3S/c1-10(14-7-13(21-3)5-6-15(14)22-4)18-16(20)17-8-12-9-23-11(2)19-12/h5-7,9-10H,8H2,1-4H3,(H2,17,18,20). The zero-order chi connectivity index (χ0) is 16.8. The zero-order valence-electron chi connectivity index (χ0n) is 13.7. The summed E-state index contributed by atoms with van der Waals surface area (Å²) in [4.78, 5) is 16.4. The number of urea groups is 1. The number of ether oxygens (including phenoxy) is 2. The molecule has 1 atom stereocenters. The van der Waals surface area contributed by atoms with E-state index in [1.165, 1.54) is 0 Å². The molecule has 7 heteroatoms. The molecule has 0 aliphatic carbocycles. The fourth-order valence-corrected chi connectivity index (χ4v) is 2.78. The summed E-state index contributed by atoms with van der Waals surface area (Å²) in [6, 6.07) is 5.01. The van der Waals surface area contributed by atoms with Gasteiger partial charge in [-0.3, -0.25) is 0 Å². The van der Waals surface area contributed by atoms with Crippen LogP contribution in [-0.4, -0.2) is 25.2 Å². The van der Waals surface area contributed by atoms with Gasteiger partial charge in [-0.2, -0.15) is 0 Å². The average Bonchev–Trinajstić information content (AvgIpc) is 2.97. The molecule has 0 saturated heterocycles. The minimum atomic E-state index is -0.256. The molecule has 0 radical (unpaired) electrons. The van der Waals surface area contributed by atoms with Crippen molar-refractivity contribution in [3.63, 3.8) is 0 Å². The number of nitrogens with one attached hydrogen (secondary N) is 2. The minimum absolute atomic E-state index is 0.225. The summed E-state index contributed by atoms with van der Waals surface area (Å²) < 4.78 is 10.6. The Morgan fingerprint density at radius 3 is 2.74 bits per heavy atom. The second kappa shape index (κ2) is 7.82. The number of aryl methyl sites for hydroxylation is 1. The van der Waals surface area contributed by atoms with E-state index < -0.39 is 0 Å². The van der Waals surface area contributed by atoms with Gasteiger partial charge in [0.1, 0.15) is 11.5 Å². The second-order valence-electron chi connectivity index (χ2n) is 5.01. The Balaban J connectivity index is 1.97. The van der Waals surface area contributed by atoms with Gasteiger partial charge < -0.3 is 20.1 Å². The van der Waals surface area contributed by atoms with Crippen LogP contribution >= 0.6 is 11.3 Å².